The molecule has 19 heavy (non-hydrogen) atoms. The minimum absolute atomic E-state index is 0.0605. The van der Waals surface area contributed by atoms with Crippen molar-refractivity contribution in [2.75, 3.05) is 24.7 Å². The first-order valence-corrected chi connectivity index (χ1v) is 7.04. The fourth-order valence-electron chi connectivity index (χ4n) is 1.96. The third kappa shape index (κ3) is 3.67. The van der Waals surface area contributed by atoms with E-state index in [4.69, 9.17) is 21.4 Å². The third-order valence-electron chi connectivity index (χ3n) is 3.12. The number of rotatable bonds is 7. The van der Waals surface area contributed by atoms with Gasteiger partial charge in [-0.3, -0.25) is 0 Å². The van der Waals surface area contributed by atoms with Gasteiger partial charge in [-0.05, 0) is 37.3 Å². The summed E-state index contributed by atoms with van der Waals surface area (Å²) in [5.41, 5.74) is 0. The Bertz CT molecular complexity index is 415. The molecule has 1 fully saturated rings. The van der Waals surface area contributed by atoms with E-state index in [0.29, 0.717) is 25.1 Å². The van der Waals surface area contributed by atoms with Crippen molar-refractivity contribution in [2.24, 2.45) is 0 Å². The lowest BCUT2D eigenvalue weighted by atomic mass is 9.92. The van der Waals surface area contributed by atoms with E-state index in [0.717, 1.165) is 19.3 Å². The number of nitrogens with zero attached hydrogens (tertiary/aromatic N) is 4. The van der Waals surface area contributed by atoms with E-state index >= 15 is 0 Å². The fourth-order valence-corrected chi connectivity index (χ4v) is 2.11. The molecule has 106 valence electrons. The van der Waals surface area contributed by atoms with Crippen LogP contribution in [0.25, 0.3) is 0 Å². The average Bonchev–Trinajstić information content (AvgIpc) is 2.33. The lowest BCUT2D eigenvalue weighted by molar-refractivity contribution is 0.277. The molecule has 7 heteroatoms. The Morgan fingerprint density at radius 3 is 2.74 bits per heavy atom. The van der Waals surface area contributed by atoms with Gasteiger partial charge in [-0.15, -0.1) is 0 Å². The van der Waals surface area contributed by atoms with Crippen LogP contribution in [0.1, 0.15) is 32.6 Å². The van der Waals surface area contributed by atoms with E-state index in [1.807, 2.05) is 11.8 Å². The molecule has 1 aromatic rings. The second-order valence-corrected chi connectivity index (χ2v) is 4.88. The number of hydrogen-bond donors (Lipinski definition) is 1. The summed E-state index contributed by atoms with van der Waals surface area (Å²) in [4.78, 5) is 14.4. The standard InChI is InChI=1S/C12H19ClN4O2/c1-2-8-19-12-15-10(13)14-11(16-12)17(6-7-18)9-4-3-5-9/h9,18H,2-8H2,1H3. The van der Waals surface area contributed by atoms with Crippen LogP contribution in [-0.4, -0.2) is 45.9 Å². The third-order valence-corrected chi connectivity index (χ3v) is 3.29. The molecule has 0 aliphatic heterocycles. The van der Waals surface area contributed by atoms with Gasteiger partial charge in [-0.1, -0.05) is 6.92 Å². The van der Waals surface area contributed by atoms with Crippen molar-refractivity contribution in [3.05, 3.63) is 5.28 Å². The molecule has 0 bridgehead atoms. The maximum atomic E-state index is 9.17. The molecule has 6 nitrogen and oxygen atoms in total. The molecule has 1 saturated carbocycles. The molecule has 1 aliphatic carbocycles. The maximum absolute atomic E-state index is 9.17. The molecule has 0 amide bonds. The Balaban J connectivity index is 2.17. The first kappa shape index (κ1) is 14.3. The van der Waals surface area contributed by atoms with E-state index in [1.54, 1.807) is 0 Å². The molecule has 0 radical (unpaired) electrons. The van der Waals surface area contributed by atoms with Crippen LogP contribution in [-0.2, 0) is 0 Å². The summed E-state index contributed by atoms with van der Waals surface area (Å²) in [6, 6.07) is 0.628. The van der Waals surface area contributed by atoms with Gasteiger partial charge in [0.1, 0.15) is 0 Å². The highest BCUT2D eigenvalue weighted by Crippen LogP contribution is 2.28. The molecule has 0 unspecified atom stereocenters. The van der Waals surface area contributed by atoms with Gasteiger partial charge in [0.25, 0.3) is 0 Å². The zero-order chi connectivity index (χ0) is 13.7. The van der Waals surface area contributed by atoms with Crippen LogP contribution < -0.4 is 9.64 Å². The Morgan fingerprint density at radius 1 is 1.37 bits per heavy atom. The molecule has 1 N–H and O–H groups in total. The summed E-state index contributed by atoms with van der Waals surface area (Å²) >= 11 is 5.91. The van der Waals surface area contributed by atoms with E-state index < -0.39 is 0 Å². The number of aliphatic hydroxyl groups excluding tert-OH is 1. The molecule has 2 rings (SSSR count). The van der Waals surface area contributed by atoms with Gasteiger partial charge in [0, 0.05) is 12.6 Å². The molecule has 1 heterocycles. The number of aromatic nitrogens is 3. The summed E-state index contributed by atoms with van der Waals surface area (Å²) in [6.45, 7) is 3.11. The van der Waals surface area contributed by atoms with Gasteiger partial charge < -0.3 is 14.7 Å². The van der Waals surface area contributed by atoms with Gasteiger partial charge in [-0.2, -0.15) is 15.0 Å². The Hall–Kier alpha value is -1.14. The summed E-state index contributed by atoms with van der Waals surface area (Å²) in [5, 5.41) is 9.29. The average molecular weight is 287 g/mol. The highest BCUT2D eigenvalue weighted by molar-refractivity contribution is 6.28. The van der Waals surface area contributed by atoms with E-state index in [2.05, 4.69) is 15.0 Å². The van der Waals surface area contributed by atoms with Crippen molar-refractivity contribution < 1.29 is 9.84 Å². The molecule has 1 aliphatic rings. The van der Waals surface area contributed by atoms with Crippen molar-refractivity contribution in [3.63, 3.8) is 0 Å². The molecule has 0 saturated heterocycles. The second-order valence-electron chi connectivity index (χ2n) is 4.54. The Kier molecular flexibility index (Phi) is 5.15. The van der Waals surface area contributed by atoms with Gasteiger partial charge in [-0.25, -0.2) is 0 Å². The lowest BCUT2D eigenvalue weighted by Gasteiger charge is -2.37. The number of halogens is 1. The van der Waals surface area contributed by atoms with E-state index in [9.17, 15) is 0 Å². The van der Waals surface area contributed by atoms with Crippen molar-refractivity contribution in [1.29, 1.82) is 0 Å². The monoisotopic (exact) mass is 286 g/mol. The Labute approximate surface area is 117 Å². The van der Waals surface area contributed by atoms with Gasteiger partial charge in [0.15, 0.2) is 0 Å². The number of aliphatic hydroxyl groups is 1. The molecule has 1 aromatic heterocycles. The van der Waals surface area contributed by atoms with Crippen LogP contribution >= 0.6 is 11.6 Å². The highest BCUT2D eigenvalue weighted by Gasteiger charge is 2.27. The molecular formula is C12H19ClN4O2. The van der Waals surface area contributed by atoms with Gasteiger partial charge >= 0.3 is 6.01 Å². The quantitative estimate of drug-likeness (QED) is 0.822. The smallest absolute Gasteiger partial charge is 0.322 e. The molecular weight excluding hydrogens is 268 g/mol. The van der Waals surface area contributed by atoms with Crippen LogP contribution in [0.5, 0.6) is 6.01 Å². The zero-order valence-corrected chi connectivity index (χ0v) is 11.8. The fraction of sp³-hybridized carbons (Fsp3) is 0.750. The minimum atomic E-state index is 0.0605. The first-order valence-electron chi connectivity index (χ1n) is 6.66. The van der Waals surface area contributed by atoms with Crippen molar-refractivity contribution >= 4 is 17.5 Å². The van der Waals surface area contributed by atoms with Gasteiger partial charge in [0.2, 0.25) is 11.2 Å². The van der Waals surface area contributed by atoms with E-state index in [-0.39, 0.29) is 17.9 Å². The topological polar surface area (TPSA) is 71.4 Å². The largest absolute Gasteiger partial charge is 0.463 e. The zero-order valence-electron chi connectivity index (χ0n) is 11.0. The van der Waals surface area contributed by atoms with Crippen LogP contribution in [0, 0.1) is 0 Å². The summed E-state index contributed by atoms with van der Waals surface area (Å²) in [5.74, 6) is 0.491. The summed E-state index contributed by atoms with van der Waals surface area (Å²) in [7, 11) is 0. The molecule has 0 aromatic carbocycles. The number of hydrogen-bond acceptors (Lipinski definition) is 6. The van der Waals surface area contributed by atoms with Crippen LogP contribution in [0.15, 0.2) is 0 Å². The molecule has 0 spiro atoms. The number of ether oxygens (including phenoxy) is 1. The maximum Gasteiger partial charge on any atom is 0.322 e. The highest BCUT2D eigenvalue weighted by atomic mass is 35.5. The predicted molar refractivity (Wildman–Crippen MR) is 72.7 cm³/mol. The summed E-state index contributed by atoms with van der Waals surface area (Å²) in [6.07, 6.45) is 4.26. The first-order chi connectivity index (χ1) is 9.24. The summed E-state index contributed by atoms with van der Waals surface area (Å²) < 4.78 is 5.40. The van der Waals surface area contributed by atoms with Crippen molar-refractivity contribution in [2.45, 2.75) is 38.6 Å². The Morgan fingerprint density at radius 2 is 2.16 bits per heavy atom. The van der Waals surface area contributed by atoms with Crippen LogP contribution in [0.4, 0.5) is 5.95 Å². The SMILES string of the molecule is CCCOc1nc(Cl)nc(N(CCO)C2CCC2)n1. The second kappa shape index (κ2) is 6.86. The predicted octanol–water partition coefficient (Wildman–Crippen LogP) is 1.66. The van der Waals surface area contributed by atoms with E-state index in [1.165, 1.54) is 6.42 Å². The lowest BCUT2D eigenvalue weighted by Crippen LogP contribution is -2.43. The van der Waals surface area contributed by atoms with Crippen molar-refractivity contribution in [3.8, 4) is 6.01 Å². The van der Waals surface area contributed by atoms with Crippen LogP contribution in [0.2, 0.25) is 5.28 Å². The normalized spacial score (nSPS) is 15.1. The van der Waals surface area contributed by atoms with Crippen molar-refractivity contribution in [1.82, 2.24) is 15.0 Å². The molecule has 0 atom stereocenters. The number of anilines is 1. The van der Waals surface area contributed by atoms with Crippen LogP contribution in [0.3, 0.4) is 0 Å². The minimum Gasteiger partial charge on any atom is -0.463 e. The van der Waals surface area contributed by atoms with Gasteiger partial charge in [0.05, 0.1) is 13.2 Å².